The minimum Gasteiger partial charge on any atom is -0.357 e. The molecule has 35 heavy (non-hydrogen) atoms. The molecule has 1 saturated heterocycles. The summed E-state index contributed by atoms with van der Waals surface area (Å²) in [6, 6.07) is 12.7. The smallest absolute Gasteiger partial charge is 0.206 e. The summed E-state index contributed by atoms with van der Waals surface area (Å²) >= 11 is 0. The molecule has 0 amide bonds. The molecule has 1 aromatic carbocycles. The normalized spacial score (nSPS) is 14.2. The lowest BCUT2D eigenvalue weighted by atomic mass is 10.1. The van der Waals surface area contributed by atoms with Crippen molar-refractivity contribution in [2.75, 3.05) is 43.4 Å². The van der Waals surface area contributed by atoms with Crippen LogP contribution in [0, 0.1) is 0 Å². The van der Waals surface area contributed by atoms with Crippen LogP contribution in [-0.4, -0.2) is 69.1 Å². The zero-order chi connectivity index (χ0) is 23.5. The molecule has 3 aromatic heterocycles. The molecule has 0 bridgehead atoms. The van der Waals surface area contributed by atoms with Gasteiger partial charge in [-0.05, 0) is 43.7 Å². The molecule has 184 valence electrons. The monoisotopic (exact) mass is 493 g/mol. The SMILES string of the molecule is CC(C)N(C)c1cc(-c2ccc3nc(Nc4cc(CN5CCNCC5)ccn4)[nH]c3c2)ncn1.Cl. The van der Waals surface area contributed by atoms with E-state index in [0.717, 1.165) is 66.7 Å². The number of halogens is 1. The fraction of sp³-hybridized carbons (Fsp3) is 0.360. The number of benzene rings is 1. The van der Waals surface area contributed by atoms with E-state index < -0.39 is 0 Å². The number of imidazole rings is 1. The third kappa shape index (κ3) is 5.87. The first-order chi connectivity index (χ1) is 16.5. The molecule has 4 aromatic rings. The van der Waals surface area contributed by atoms with Crippen molar-refractivity contribution >= 4 is 41.0 Å². The maximum absolute atomic E-state index is 4.69. The number of nitrogens with zero attached hydrogens (tertiary/aromatic N) is 6. The summed E-state index contributed by atoms with van der Waals surface area (Å²) in [4.78, 5) is 26.0. The molecule has 4 heterocycles. The van der Waals surface area contributed by atoms with Crippen molar-refractivity contribution in [1.29, 1.82) is 0 Å². The predicted molar refractivity (Wildman–Crippen MR) is 144 cm³/mol. The Morgan fingerprint density at radius 2 is 1.89 bits per heavy atom. The van der Waals surface area contributed by atoms with E-state index in [1.165, 1.54) is 5.56 Å². The fourth-order valence-corrected chi connectivity index (χ4v) is 4.08. The number of aromatic nitrogens is 5. The number of rotatable bonds is 7. The van der Waals surface area contributed by atoms with Gasteiger partial charge < -0.3 is 20.5 Å². The zero-order valence-corrected chi connectivity index (χ0v) is 21.1. The second-order valence-electron chi connectivity index (χ2n) is 8.98. The molecular weight excluding hydrogens is 462 g/mol. The predicted octanol–water partition coefficient (Wildman–Crippen LogP) is 3.83. The number of nitrogens with one attached hydrogen (secondary N) is 3. The van der Waals surface area contributed by atoms with E-state index in [4.69, 9.17) is 4.98 Å². The number of pyridine rings is 1. The van der Waals surface area contributed by atoms with E-state index >= 15 is 0 Å². The maximum atomic E-state index is 4.69. The highest BCUT2D eigenvalue weighted by atomic mass is 35.5. The second kappa shape index (κ2) is 11.0. The van der Waals surface area contributed by atoms with Crippen LogP contribution in [0.15, 0.2) is 48.9 Å². The molecule has 1 fully saturated rings. The molecule has 5 rings (SSSR count). The number of piperazine rings is 1. The molecule has 0 unspecified atom stereocenters. The Kier molecular flexibility index (Phi) is 7.80. The highest BCUT2D eigenvalue weighted by Crippen LogP contribution is 2.26. The Morgan fingerprint density at radius 1 is 1.06 bits per heavy atom. The number of hydrogen-bond donors (Lipinski definition) is 3. The summed E-state index contributed by atoms with van der Waals surface area (Å²) < 4.78 is 0. The Bertz CT molecular complexity index is 1270. The standard InChI is InChI=1S/C25H31N9.ClH/c1-17(2)33(3)24-14-21(28-16-29-24)19-4-5-20-22(13-19)31-25(30-20)32-23-12-18(6-7-27-23)15-34-10-8-26-9-11-34;/h4-7,12-14,16-17,26H,8-11,15H2,1-3H3,(H2,27,30,31,32);1H. The minimum atomic E-state index is 0. The van der Waals surface area contributed by atoms with Crippen LogP contribution in [0.4, 0.5) is 17.6 Å². The van der Waals surface area contributed by atoms with Gasteiger partial charge in [0.15, 0.2) is 0 Å². The summed E-state index contributed by atoms with van der Waals surface area (Å²) in [7, 11) is 2.04. The van der Waals surface area contributed by atoms with E-state index in [1.54, 1.807) is 6.33 Å². The molecule has 1 aliphatic rings. The molecule has 0 atom stereocenters. The van der Waals surface area contributed by atoms with Gasteiger partial charge in [-0.2, -0.15) is 0 Å². The van der Waals surface area contributed by atoms with Gasteiger partial charge in [-0.3, -0.25) is 4.90 Å². The summed E-state index contributed by atoms with van der Waals surface area (Å²) in [5.74, 6) is 2.35. The summed E-state index contributed by atoms with van der Waals surface area (Å²) in [6.45, 7) is 9.43. The number of hydrogen-bond acceptors (Lipinski definition) is 8. The summed E-state index contributed by atoms with van der Waals surface area (Å²) in [5, 5.41) is 6.72. The Labute approximate surface area is 211 Å². The molecular formula is C25H32ClN9. The molecule has 3 N–H and O–H groups in total. The van der Waals surface area contributed by atoms with Gasteiger partial charge in [0.05, 0.1) is 16.7 Å². The molecule has 10 heteroatoms. The van der Waals surface area contributed by atoms with E-state index in [-0.39, 0.29) is 12.4 Å². The number of aromatic amines is 1. The van der Waals surface area contributed by atoms with E-state index in [2.05, 4.69) is 72.4 Å². The van der Waals surface area contributed by atoms with E-state index in [0.29, 0.717) is 12.0 Å². The number of anilines is 3. The van der Waals surface area contributed by atoms with Crippen LogP contribution in [0.5, 0.6) is 0 Å². The molecule has 0 aliphatic carbocycles. The van der Waals surface area contributed by atoms with E-state index in [9.17, 15) is 0 Å². The van der Waals surface area contributed by atoms with Gasteiger partial charge in [0.25, 0.3) is 0 Å². The van der Waals surface area contributed by atoms with Gasteiger partial charge >= 0.3 is 0 Å². The van der Waals surface area contributed by atoms with Gasteiger partial charge in [0.1, 0.15) is 18.0 Å². The average molecular weight is 494 g/mol. The lowest BCUT2D eigenvalue weighted by Crippen LogP contribution is -2.42. The third-order valence-electron chi connectivity index (χ3n) is 6.25. The first kappa shape index (κ1) is 24.8. The van der Waals surface area contributed by atoms with Crippen molar-refractivity contribution in [1.82, 2.24) is 35.1 Å². The van der Waals surface area contributed by atoms with Crippen LogP contribution in [0.25, 0.3) is 22.3 Å². The molecule has 0 radical (unpaired) electrons. The highest BCUT2D eigenvalue weighted by Gasteiger charge is 2.12. The van der Waals surface area contributed by atoms with Gasteiger partial charge in [-0.15, -0.1) is 12.4 Å². The van der Waals surface area contributed by atoms with Crippen molar-refractivity contribution in [3.63, 3.8) is 0 Å². The second-order valence-corrected chi connectivity index (χ2v) is 8.98. The fourth-order valence-electron chi connectivity index (χ4n) is 4.08. The van der Waals surface area contributed by atoms with Crippen molar-refractivity contribution < 1.29 is 0 Å². The van der Waals surface area contributed by atoms with Crippen LogP contribution in [0.2, 0.25) is 0 Å². The lowest BCUT2D eigenvalue weighted by Gasteiger charge is -2.27. The van der Waals surface area contributed by atoms with Crippen LogP contribution < -0.4 is 15.5 Å². The van der Waals surface area contributed by atoms with Crippen LogP contribution in [0.3, 0.4) is 0 Å². The maximum Gasteiger partial charge on any atom is 0.206 e. The topological polar surface area (TPSA) is 97.9 Å². The van der Waals surface area contributed by atoms with Crippen molar-refractivity contribution in [3.8, 4) is 11.3 Å². The average Bonchev–Trinajstić information content (AvgIpc) is 3.26. The van der Waals surface area contributed by atoms with Crippen molar-refractivity contribution in [3.05, 3.63) is 54.5 Å². The lowest BCUT2D eigenvalue weighted by molar-refractivity contribution is 0.233. The summed E-state index contributed by atoms with van der Waals surface area (Å²) in [6.07, 6.45) is 3.47. The van der Waals surface area contributed by atoms with Crippen LogP contribution in [0.1, 0.15) is 19.4 Å². The van der Waals surface area contributed by atoms with Crippen molar-refractivity contribution in [2.24, 2.45) is 0 Å². The number of fused-ring (bicyclic) bond motifs is 1. The Morgan fingerprint density at radius 3 is 2.69 bits per heavy atom. The van der Waals surface area contributed by atoms with E-state index in [1.807, 2.05) is 31.4 Å². The third-order valence-corrected chi connectivity index (χ3v) is 6.25. The quantitative estimate of drug-likeness (QED) is 0.357. The van der Waals surface area contributed by atoms with Gasteiger partial charge in [-0.25, -0.2) is 19.9 Å². The molecule has 0 spiro atoms. The molecule has 1 aliphatic heterocycles. The van der Waals surface area contributed by atoms with Gasteiger partial charge in [0, 0.05) is 63.6 Å². The molecule has 0 saturated carbocycles. The van der Waals surface area contributed by atoms with Crippen LogP contribution >= 0.6 is 12.4 Å². The Balaban J connectivity index is 0.00000289. The zero-order valence-electron chi connectivity index (χ0n) is 20.3. The first-order valence-electron chi connectivity index (χ1n) is 11.8. The molecule has 9 nitrogen and oxygen atoms in total. The van der Waals surface area contributed by atoms with Crippen molar-refractivity contribution in [2.45, 2.75) is 26.4 Å². The van der Waals surface area contributed by atoms with Gasteiger partial charge in [-0.1, -0.05) is 6.07 Å². The Hall–Kier alpha value is -3.27. The van der Waals surface area contributed by atoms with Gasteiger partial charge in [0.2, 0.25) is 5.95 Å². The minimum absolute atomic E-state index is 0. The highest BCUT2D eigenvalue weighted by molar-refractivity contribution is 5.85. The first-order valence-corrected chi connectivity index (χ1v) is 11.8. The largest absolute Gasteiger partial charge is 0.357 e. The number of H-pyrrole nitrogens is 1. The summed E-state index contributed by atoms with van der Waals surface area (Å²) in [5.41, 5.74) is 4.96. The van der Waals surface area contributed by atoms with Crippen LogP contribution in [-0.2, 0) is 6.54 Å².